The quantitative estimate of drug-likeness (QED) is 0.419. The van der Waals surface area contributed by atoms with E-state index in [0.29, 0.717) is 11.4 Å². The Morgan fingerprint density at radius 2 is 1.81 bits per heavy atom. The van der Waals surface area contributed by atoms with Crippen molar-refractivity contribution in [1.29, 1.82) is 5.26 Å². The van der Waals surface area contributed by atoms with E-state index in [0.717, 1.165) is 17.0 Å². The molecule has 12 heteroatoms. The monoisotopic (exact) mass is 523 g/mol. The fourth-order valence-corrected chi connectivity index (χ4v) is 3.13. The summed E-state index contributed by atoms with van der Waals surface area (Å²) in [5, 5.41) is 9.12. The van der Waals surface area contributed by atoms with Crippen LogP contribution in [0.2, 0.25) is 5.02 Å². The minimum Gasteiger partial charge on any atom is -0.481 e. The smallest absolute Gasteiger partial charge is 0.437 e. The maximum absolute atomic E-state index is 13.6. The highest BCUT2D eigenvalue weighted by atomic mass is 35.5. The summed E-state index contributed by atoms with van der Waals surface area (Å²) >= 11 is 5.90. The molecule has 0 aliphatic carbocycles. The van der Waals surface area contributed by atoms with Gasteiger partial charge in [0.05, 0.1) is 37.2 Å². The highest BCUT2D eigenvalue weighted by Gasteiger charge is 2.39. The first-order chi connectivity index (χ1) is 16.8. The van der Waals surface area contributed by atoms with Gasteiger partial charge < -0.3 is 9.47 Å². The van der Waals surface area contributed by atoms with Crippen molar-refractivity contribution in [1.82, 2.24) is 19.5 Å². The Kier molecular flexibility index (Phi) is 9.05. The van der Waals surface area contributed by atoms with Crippen LogP contribution in [0.3, 0.4) is 0 Å². The normalized spacial score (nSPS) is 11.2. The van der Waals surface area contributed by atoms with Gasteiger partial charge in [-0.2, -0.15) is 23.4 Å². The summed E-state index contributed by atoms with van der Waals surface area (Å²) in [7, 11) is 1.38. The molecule has 0 aliphatic rings. The molecule has 1 aromatic carbocycles. The van der Waals surface area contributed by atoms with E-state index in [1.54, 1.807) is 0 Å². The van der Waals surface area contributed by atoms with Crippen LogP contribution in [-0.2, 0) is 18.1 Å². The average molecular weight is 524 g/mol. The number of aromatic nitrogens is 4. The molecular formula is C24H25ClF3N5O3. The van der Waals surface area contributed by atoms with Gasteiger partial charge in [-0.15, -0.1) is 0 Å². The number of ether oxygens (including phenoxy) is 2. The van der Waals surface area contributed by atoms with Crippen molar-refractivity contribution in [2.75, 3.05) is 7.11 Å². The van der Waals surface area contributed by atoms with Crippen LogP contribution in [0.1, 0.15) is 57.3 Å². The first-order valence-corrected chi connectivity index (χ1v) is 11.2. The topological polar surface area (TPSA) is 103 Å². The largest absolute Gasteiger partial charge is 0.481 e. The second kappa shape index (κ2) is 11.4. The third-order valence-electron chi connectivity index (χ3n) is 4.51. The number of nitrogens with zero attached hydrogens (tertiary/aromatic N) is 5. The lowest BCUT2D eigenvalue weighted by atomic mass is 9.96. The molecule has 2 heterocycles. The average Bonchev–Trinajstić information content (AvgIpc) is 2.81. The Bertz CT molecular complexity index is 1330. The number of methoxy groups -OCH3 is 1. The highest BCUT2D eigenvalue weighted by Crippen LogP contribution is 2.35. The van der Waals surface area contributed by atoms with Crippen LogP contribution in [0.5, 0.6) is 17.4 Å². The molecule has 0 saturated heterocycles. The van der Waals surface area contributed by atoms with Gasteiger partial charge in [0.15, 0.2) is 5.69 Å². The number of hydrogen-bond donors (Lipinski definition) is 0. The van der Waals surface area contributed by atoms with Gasteiger partial charge in [0, 0.05) is 16.6 Å². The molecule has 192 valence electrons. The zero-order chi connectivity index (χ0) is 27.3. The molecule has 0 fully saturated rings. The van der Waals surface area contributed by atoms with E-state index >= 15 is 0 Å². The number of halogens is 4. The van der Waals surface area contributed by atoms with Crippen LogP contribution in [0.4, 0.5) is 13.2 Å². The lowest BCUT2D eigenvalue weighted by molar-refractivity contribution is -0.142. The molecule has 2 aromatic heterocycles. The van der Waals surface area contributed by atoms with Gasteiger partial charge in [0.25, 0.3) is 5.56 Å². The number of hydrogen-bond acceptors (Lipinski definition) is 7. The summed E-state index contributed by atoms with van der Waals surface area (Å²) in [4.78, 5) is 25.1. The summed E-state index contributed by atoms with van der Waals surface area (Å²) in [6.45, 7) is 9.49. The minimum atomic E-state index is -4.97. The van der Waals surface area contributed by atoms with Gasteiger partial charge in [-0.1, -0.05) is 46.2 Å². The van der Waals surface area contributed by atoms with Gasteiger partial charge in [-0.05, 0) is 18.2 Å². The molecule has 0 unspecified atom stereocenters. The van der Waals surface area contributed by atoms with Crippen molar-refractivity contribution in [3.63, 3.8) is 0 Å². The SMILES string of the molecule is CC.COc1nc(C(C)(C)C)ncc1Cn1cnc(C(F)(F)F)c(Oc2cc(Cl)cc(C#N)c2)c1=O. The molecule has 0 radical (unpaired) electrons. The van der Waals surface area contributed by atoms with E-state index in [9.17, 15) is 18.0 Å². The van der Waals surface area contributed by atoms with E-state index in [1.807, 2.05) is 40.7 Å². The Hall–Kier alpha value is -3.65. The Morgan fingerprint density at radius 1 is 1.14 bits per heavy atom. The molecular weight excluding hydrogens is 499 g/mol. The van der Waals surface area contributed by atoms with Crippen LogP contribution in [-0.4, -0.2) is 26.6 Å². The van der Waals surface area contributed by atoms with Crippen molar-refractivity contribution >= 4 is 11.6 Å². The molecule has 0 atom stereocenters. The van der Waals surface area contributed by atoms with E-state index in [1.165, 1.54) is 25.4 Å². The van der Waals surface area contributed by atoms with E-state index in [4.69, 9.17) is 26.3 Å². The maximum atomic E-state index is 13.6. The third-order valence-corrected chi connectivity index (χ3v) is 4.73. The Labute approximate surface area is 211 Å². The lowest BCUT2D eigenvalue weighted by Crippen LogP contribution is -2.27. The first kappa shape index (κ1) is 28.6. The van der Waals surface area contributed by atoms with Crippen LogP contribution in [0, 0.1) is 11.3 Å². The molecule has 0 amide bonds. The van der Waals surface area contributed by atoms with Gasteiger partial charge in [-0.25, -0.2) is 9.97 Å². The summed E-state index contributed by atoms with van der Waals surface area (Å²) in [6.07, 6.45) is -2.78. The van der Waals surface area contributed by atoms with Crippen molar-refractivity contribution in [3.8, 4) is 23.4 Å². The van der Waals surface area contributed by atoms with E-state index in [2.05, 4.69) is 15.0 Å². The second-order valence-corrected chi connectivity index (χ2v) is 8.66. The van der Waals surface area contributed by atoms with Crippen molar-refractivity contribution in [3.05, 3.63) is 68.7 Å². The molecule has 0 spiro atoms. The molecule has 8 nitrogen and oxygen atoms in total. The molecule has 0 saturated carbocycles. The van der Waals surface area contributed by atoms with Gasteiger partial charge in [0.2, 0.25) is 11.6 Å². The summed E-state index contributed by atoms with van der Waals surface area (Å²) in [5.41, 5.74) is -2.61. The lowest BCUT2D eigenvalue weighted by Gasteiger charge is -2.19. The third kappa shape index (κ3) is 6.73. The van der Waals surface area contributed by atoms with Crippen LogP contribution in [0.25, 0.3) is 0 Å². The minimum absolute atomic E-state index is 0.0427. The number of benzene rings is 1. The van der Waals surface area contributed by atoms with Crippen molar-refractivity contribution in [2.45, 2.75) is 52.8 Å². The fraction of sp³-hybridized carbons (Fsp3) is 0.375. The summed E-state index contributed by atoms with van der Waals surface area (Å²) in [6, 6.07) is 5.45. The number of nitriles is 1. The van der Waals surface area contributed by atoms with Crippen molar-refractivity contribution in [2.24, 2.45) is 0 Å². The number of rotatable bonds is 5. The van der Waals surface area contributed by atoms with Crippen molar-refractivity contribution < 1.29 is 22.6 Å². The first-order valence-electron chi connectivity index (χ1n) is 10.8. The molecule has 0 bridgehead atoms. The highest BCUT2D eigenvalue weighted by molar-refractivity contribution is 6.30. The zero-order valence-electron chi connectivity index (χ0n) is 20.6. The molecule has 3 rings (SSSR count). The van der Waals surface area contributed by atoms with Gasteiger partial charge >= 0.3 is 6.18 Å². The van der Waals surface area contributed by atoms with E-state index < -0.39 is 23.2 Å². The number of alkyl halides is 3. The molecule has 0 aliphatic heterocycles. The molecule has 36 heavy (non-hydrogen) atoms. The predicted molar refractivity (Wildman–Crippen MR) is 127 cm³/mol. The maximum Gasteiger partial charge on any atom is 0.437 e. The summed E-state index contributed by atoms with van der Waals surface area (Å²) < 4.78 is 52.2. The second-order valence-electron chi connectivity index (χ2n) is 8.22. The standard InChI is InChI=1S/C22H19ClF3N5O3.C2H6/c1-21(2,3)20-28-9-13(18(30-20)33-4)10-31-11-29-17(22(24,25)26)16(19(31)32)34-15-6-12(8-27)5-14(23)7-15;1-2/h5-7,9,11H,10H2,1-4H3;1-2H3. The molecule has 3 aromatic rings. The molecule has 0 N–H and O–H groups in total. The van der Waals surface area contributed by atoms with Crippen LogP contribution in [0.15, 0.2) is 35.5 Å². The van der Waals surface area contributed by atoms with E-state index in [-0.39, 0.29) is 34.2 Å². The van der Waals surface area contributed by atoms with Crippen LogP contribution < -0.4 is 15.0 Å². The fourth-order valence-electron chi connectivity index (χ4n) is 2.90. The zero-order valence-corrected chi connectivity index (χ0v) is 21.3. The Balaban J connectivity index is 0.00000222. The van der Waals surface area contributed by atoms with Gasteiger partial charge in [0.1, 0.15) is 11.6 Å². The van der Waals surface area contributed by atoms with Gasteiger partial charge in [-0.3, -0.25) is 9.36 Å². The summed E-state index contributed by atoms with van der Waals surface area (Å²) in [5.74, 6) is -0.624. The predicted octanol–water partition coefficient (Wildman–Crippen LogP) is 5.75. The van der Waals surface area contributed by atoms with Crippen LogP contribution >= 0.6 is 11.6 Å². The Morgan fingerprint density at radius 3 is 2.36 bits per heavy atom.